The molecule has 0 aliphatic heterocycles. The molecule has 0 bridgehead atoms. The van der Waals surface area contributed by atoms with Gasteiger partial charge < -0.3 is 4.98 Å². The van der Waals surface area contributed by atoms with Gasteiger partial charge in [0.1, 0.15) is 5.82 Å². The van der Waals surface area contributed by atoms with E-state index in [0.717, 1.165) is 22.1 Å². The number of benzene rings is 2. The van der Waals surface area contributed by atoms with Gasteiger partial charge >= 0.3 is 5.69 Å². The van der Waals surface area contributed by atoms with Gasteiger partial charge in [0.2, 0.25) is 0 Å². The number of nitrogens with one attached hydrogen (secondary N) is 1. The lowest BCUT2D eigenvalue weighted by atomic mass is 9.98. The maximum absolute atomic E-state index is 13.0. The van der Waals surface area contributed by atoms with Gasteiger partial charge in [-0.2, -0.15) is 5.26 Å². The van der Waals surface area contributed by atoms with Crippen LogP contribution in [0.25, 0.3) is 22.1 Å². The first kappa shape index (κ1) is 16.8. The van der Waals surface area contributed by atoms with Gasteiger partial charge in [0, 0.05) is 19.7 Å². The Hall–Kier alpha value is -3.66. The molecule has 2 aromatic heterocycles. The van der Waals surface area contributed by atoms with Crippen molar-refractivity contribution in [2.75, 3.05) is 0 Å². The second-order valence-corrected chi connectivity index (χ2v) is 6.62. The van der Waals surface area contributed by atoms with Gasteiger partial charge in [-0.25, -0.2) is 9.78 Å². The van der Waals surface area contributed by atoms with Crippen molar-refractivity contribution in [2.45, 2.75) is 12.8 Å². The molecular weight excluding hydrogens is 342 g/mol. The number of ketones is 1. The Labute approximate surface area is 154 Å². The molecule has 134 valence electrons. The van der Waals surface area contributed by atoms with Crippen LogP contribution in [0.15, 0.2) is 41.2 Å². The van der Waals surface area contributed by atoms with Crippen LogP contribution in [-0.2, 0) is 14.1 Å². The van der Waals surface area contributed by atoms with Gasteiger partial charge in [-0.15, -0.1) is 0 Å². The Balaban J connectivity index is 1.81. The molecule has 4 rings (SSSR count). The minimum absolute atomic E-state index is 0.167. The molecule has 1 N–H and O–H groups in total. The molecule has 4 aromatic rings. The molecule has 1 atom stereocenters. The molecule has 27 heavy (non-hydrogen) atoms. The van der Waals surface area contributed by atoms with E-state index >= 15 is 0 Å². The van der Waals surface area contributed by atoms with Crippen LogP contribution in [0.3, 0.4) is 0 Å². The summed E-state index contributed by atoms with van der Waals surface area (Å²) in [7, 11) is 3.34. The second kappa shape index (κ2) is 5.95. The highest BCUT2D eigenvalue weighted by atomic mass is 16.1. The zero-order valence-electron chi connectivity index (χ0n) is 15.1. The van der Waals surface area contributed by atoms with E-state index in [4.69, 9.17) is 0 Å². The highest BCUT2D eigenvalue weighted by Crippen LogP contribution is 2.24. The third kappa shape index (κ3) is 2.46. The lowest BCUT2D eigenvalue weighted by Gasteiger charge is -2.06. The van der Waals surface area contributed by atoms with E-state index in [1.54, 1.807) is 32.3 Å². The predicted octanol–water partition coefficient (Wildman–Crippen LogP) is 2.55. The highest BCUT2D eigenvalue weighted by molar-refractivity contribution is 6.04. The molecule has 2 heterocycles. The molecule has 0 saturated carbocycles. The molecule has 0 radical (unpaired) electrons. The van der Waals surface area contributed by atoms with Gasteiger partial charge in [-0.05, 0) is 36.8 Å². The van der Waals surface area contributed by atoms with E-state index < -0.39 is 5.92 Å². The number of nitrogens with zero attached hydrogens (tertiary/aromatic N) is 4. The largest absolute Gasteiger partial charge is 0.340 e. The fraction of sp³-hybridized carbons (Fsp3) is 0.200. The monoisotopic (exact) mass is 359 g/mol. The summed E-state index contributed by atoms with van der Waals surface area (Å²) in [6, 6.07) is 12.8. The van der Waals surface area contributed by atoms with Gasteiger partial charge in [-0.1, -0.05) is 12.1 Å². The van der Waals surface area contributed by atoms with Gasteiger partial charge in [0.15, 0.2) is 11.7 Å². The number of imidazole rings is 2. The van der Waals surface area contributed by atoms with Gasteiger partial charge in [-0.3, -0.25) is 13.9 Å². The number of hydrogen-bond acceptors (Lipinski definition) is 4. The molecule has 7 nitrogen and oxygen atoms in total. The van der Waals surface area contributed by atoms with E-state index in [-0.39, 0.29) is 11.5 Å². The quantitative estimate of drug-likeness (QED) is 0.569. The van der Waals surface area contributed by atoms with Crippen LogP contribution in [0, 0.1) is 18.3 Å². The number of rotatable bonds is 3. The van der Waals surface area contributed by atoms with Crippen molar-refractivity contribution in [3.63, 3.8) is 0 Å². The fourth-order valence-electron chi connectivity index (χ4n) is 3.40. The van der Waals surface area contributed by atoms with Crippen LogP contribution >= 0.6 is 0 Å². The number of fused-ring (bicyclic) bond motifs is 2. The number of para-hydroxylation sites is 1. The first-order valence-electron chi connectivity index (χ1n) is 8.47. The van der Waals surface area contributed by atoms with Crippen molar-refractivity contribution in [2.24, 2.45) is 14.1 Å². The molecule has 7 heteroatoms. The molecule has 0 fully saturated rings. The normalized spacial score (nSPS) is 12.4. The molecule has 0 saturated heterocycles. The van der Waals surface area contributed by atoms with Crippen LogP contribution in [0.4, 0.5) is 0 Å². The summed E-state index contributed by atoms with van der Waals surface area (Å²) < 4.78 is 3.01. The lowest BCUT2D eigenvalue weighted by Crippen LogP contribution is -2.19. The van der Waals surface area contributed by atoms with Crippen LogP contribution in [0.1, 0.15) is 27.7 Å². The Morgan fingerprint density at radius 3 is 2.63 bits per heavy atom. The number of aromatic amines is 1. The topological polar surface area (TPSA) is 96.5 Å². The van der Waals surface area contributed by atoms with Crippen LogP contribution in [0.2, 0.25) is 0 Å². The standard InChI is InChI=1S/C20H17N5O2/c1-11-5-4-6-14-17(11)23-19(22-14)13(10-21)18(26)12-7-8-15-16(9-12)25(3)20(27)24(15)2/h4-9,13H,1-3H3,(H,22,23). The first-order chi connectivity index (χ1) is 12.9. The molecule has 1 unspecified atom stereocenters. The zero-order valence-corrected chi connectivity index (χ0v) is 15.1. The average Bonchev–Trinajstić information content (AvgIpc) is 3.19. The third-order valence-electron chi connectivity index (χ3n) is 4.95. The Morgan fingerprint density at radius 1 is 1.19 bits per heavy atom. The Bertz CT molecular complexity index is 1320. The summed E-state index contributed by atoms with van der Waals surface area (Å²) in [5.41, 5.74) is 4.09. The molecular formula is C20H17N5O2. The average molecular weight is 359 g/mol. The lowest BCUT2D eigenvalue weighted by molar-refractivity contribution is 0.0976. The minimum Gasteiger partial charge on any atom is -0.340 e. The van der Waals surface area contributed by atoms with E-state index in [2.05, 4.69) is 16.0 Å². The number of H-pyrrole nitrogens is 1. The van der Waals surface area contributed by atoms with E-state index in [1.807, 2.05) is 25.1 Å². The maximum Gasteiger partial charge on any atom is 0.328 e. The van der Waals surface area contributed by atoms with Crippen LogP contribution in [0.5, 0.6) is 0 Å². The van der Waals surface area contributed by atoms with E-state index in [1.165, 1.54) is 9.13 Å². The molecule has 0 aliphatic rings. The number of aryl methyl sites for hydroxylation is 3. The maximum atomic E-state index is 13.0. The number of Topliss-reactive ketones (excluding diaryl/α,β-unsaturated/α-hetero) is 1. The number of hydrogen-bond donors (Lipinski definition) is 1. The summed E-state index contributed by atoms with van der Waals surface area (Å²) in [6.45, 7) is 1.93. The first-order valence-corrected chi connectivity index (χ1v) is 8.47. The van der Waals surface area contributed by atoms with Crippen molar-refractivity contribution >= 4 is 27.9 Å². The number of aromatic nitrogens is 4. The smallest absolute Gasteiger partial charge is 0.328 e. The highest BCUT2D eigenvalue weighted by Gasteiger charge is 2.26. The van der Waals surface area contributed by atoms with E-state index in [0.29, 0.717) is 16.9 Å². The second-order valence-electron chi connectivity index (χ2n) is 6.62. The van der Waals surface area contributed by atoms with Crippen molar-refractivity contribution in [1.29, 1.82) is 5.26 Å². The zero-order chi connectivity index (χ0) is 19.3. The number of nitriles is 1. The van der Waals surface area contributed by atoms with Crippen molar-refractivity contribution in [1.82, 2.24) is 19.1 Å². The summed E-state index contributed by atoms with van der Waals surface area (Å²) in [5, 5.41) is 9.63. The molecule has 0 spiro atoms. The van der Waals surface area contributed by atoms with Crippen molar-refractivity contribution in [3.8, 4) is 6.07 Å². The summed E-state index contributed by atoms with van der Waals surface area (Å²) in [5.74, 6) is -1.07. The predicted molar refractivity (Wildman–Crippen MR) is 102 cm³/mol. The summed E-state index contributed by atoms with van der Waals surface area (Å²) >= 11 is 0. The molecule has 0 aliphatic carbocycles. The Kier molecular flexibility index (Phi) is 3.70. The SMILES string of the molecule is Cc1cccc2[nH]c(C(C#N)C(=O)c3ccc4c(c3)n(C)c(=O)n4C)nc12. The number of carbonyl (C=O) groups excluding carboxylic acids is 1. The minimum atomic E-state index is -1.05. The van der Waals surface area contributed by atoms with Gasteiger partial charge in [0.05, 0.1) is 28.1 Å². The molecule has 2 aromatic carbocycles. The van der Waals surface area contributed by atoms with Crippen molar-refractivity contribution < 1.29 is 4.79 Å². The molecule has 0 amide bonds. The van der Waals surface area contributed by atoms with Crippen LogP contribution < -0.4 is 5.69 Å². The fourth-order valence-corrected chi connectivity index (χ4v) is 3.40. The Morgan fingerprint density at radius 2 is 1.93 bits per heavy atom. The van der Waals surface area contributed by atoms with Gasteiger partial charge in [0.25, 0.3) is 0 Å². The van der Waals surface area contributed by atoms with Crippen molar-refractivity contribution in [3.05, 3.63) is 63.8 Å². The third-order valence-corrected chi connectivity index (χ3v) is 4.95. The number of carbonyl (C=O) groups is 1. The van der Waals surface area contributed by atoms with E-state index in [9.17, 15) is 14.9 Å². The summed E-state index contributed by atoms with van der Waals surface area (Å²) in [4.78, 5) is 32.6. The summed E-state index contributed by atoms with van der Waals surface area (Å²) in [6.07, 6.45) is 0. The van der Waals surface area contributed by atoms with Crippen LogP contribution in [-0.4, -0.2) is 24.9 Å².